The molecule has 2 N–H and O–H groups in total. The van der Waals surface area contributed by atoms with Gasteiger partial charge >= 0.3 is 6.18 Å². The summed E-state index contributed by atoms with van der Waals surface area (Å²) < 4.78 is 136. The fourth-order valence-corrected chi connectivity index (χ4v) is 8.00. The zero-order valence-corrected chi connectivity index (χ0v) is 32.0. The molecule has 1 amide bonds. The molecule has 11 nitrogen and oxygen atoms in total. The highest BCUT2D eigenvalue weighted by Gasteiger charge is 2.54. The number of aryl methyl sites for hydroxylation is 1. The molecule has 2 aromatic carbocycles. The molecule has 0 bridgehead atoms. The minimum atomic E-state index is -5.08. The van der Waals surface area contributed by atoms with Crippen LogP contribution < -0.4 is 10.0 Å². The van der Waals surface area contributed by atoms with E-state index in [1.54, 1.807) is 37.4 Å². The molecule has 1 fully saturated rings. The lowest BCUT2D eigenvalue weighted by Gasteiger charge is -2.23. The number of carbonyl (C=O) groups excluding carboxylic acids is 1. The molecule has 5 aromatic rings. The average molecular weight is 832 g/mol. The second-order valence-corrected chi connectivity index (χ2v) is 16.2. The van der Waals surface area contributed by atoms with Gasteiger partial charge in [-0.25, -0.2) is 22.2 Å². The summed E-state index contributed by atoms with van der Waals surface area (Å²) in [7, 11) is -2.19. The lowest BCUT2D eigenvalue weighted by Crippen LogP contribution is -2.35. The Bertz CT molecular complexity index is 2570. The number of fused-ring (bicyclic) bond motifs is 2. The minimum absolute atomic E-state index is 0.00774. The summed E-state index contributed by atoms with van der Waals surface area (Å²) in [6.07, 6.45) is -3.70. The molecule has 0 saturated carbocycles. The van der Waals surface area contributed by atoms with Crippen molar-refractivity contribution in [1.29, 1.82) is 0 Å². The predicted molar refractivity (Wildman–Crippen MR) is 198 cm³/mol. The number of sulfonamides is 1. The number of nitrogens with zero attached hydrogens (tertiary/aromatic N) is 5. The second kappa shape index (κ2) is 15.4. The number of anilines is 1. The molecular weight excluding hydrogens is 796 g/mol. The van der Waals surface area contributed by atoms with Gasteiger partial charge in [0.2, 0.25) is 15.9 Å². The number of hydrogen-bond acceptors (Lipinski definition) is 7. The Morgan fingerprint density at radius 2 is 1.76 bits per heavy atom. The second-order valence-electron chi connectivity index (χ2n) is 14.5. The number of halogens is 7. The Kier molecular flexibility index (Phi) is 10.8. The molecule has 0 radical (unpaired) electrons. The fraction of sp³-hybridized carbons (Fsp3) is 0.385. The SMILES string of the molecule is C[C@@H]1Cc2c(C(F)(F)F)nn(CC(=O)N[C@@H](Cc3cc(F)cc(F)c3)c3nc(C#CC4CCOCC4)ccc3-c3cccc4c(NS(C)(=O)=O)nn(C)c34)c2C1(F)F. The molecule has 0 spiro atoms. The van der Waals surface area contributed by atoms with Gasteiger partial charge in [-0.15, -0.1) is 0 Å². The van der Waals surface area contributed by atoms with E-state index in [9.17, 15) is 35.2 Å². The van der Waals surface area contributed by atoms with Crippen LogP contribution in [0.25, 0.3) is 22.0 Å². The summed E-state index contributed by atoms with van der Waals surface area (Å²) in [6, 6.07) is 9.59. The van der Waals surface area contributed by atoms with Crippen LogP contribution >= 0.6 is 0 Å². The number of carbonyl (C=O) groups is 1. The Labute approximate surface area is 328 Å². The van der Waals surface area contributed by atoms with Gasteiger partial charge in [-0.3, -0.25) is 18.9 Å². The van der Waals surface area contributed by atoms with Crippen LogP contribution in [0.2, 0.25) is 0 Å². The first-order valence-corrected chi connectivity index (χ1v) is 20.0. The molecule has 2 aliphatic rings. The van der Waals surface area contributed by atoms with E-state index < -0.39 is 81.5 Å². The third-order valence-corrected chi connectivity index (χ3v) is 10.6. The quantitative estimate of drug-likeness (QED) is 0.125. The Balaban J connectivity index is 1.37. The number of para-hydroxylation sites is 1. The maximum absolute atomic E-state index is 15.4. The molecule has 19 heteroatoms. The zero-order valence-electron chi connectivity index (χ0n) is 31.2. The van der Waals surface area contributed by atoms with Gasteiger partial charge in [-0.05, 0) is 67.5 Å². The van der Waals surface area contributed by atoms with Gasteiger partial charge in [0.05, 0.1) is 23.5 Å². The van der Waals surface area contributed by atoms with Crippen molar-refractivity contribution < 1.29 is 48.7 Å². The smallest absolute Gasteiger partial charge is 0.381 e. The van der Waals surface area contributed by atoms with Crippen LogP contribution in [0.15, 0.2) is 48.5 Å². The number of ether oxygens (including phenoxy) is 1. The fourth-order valence-electron chi connectivity index (χ4n) is 7.49. The summed E-state index contributed by atoms with van der Waals surface area (Å²) in [6.45, 7) is 1.09. The van der Waals surface area contributed by atoms with Crippen molar-refractivity contribution in [2.24, 2.45) is 18.9 Å². The molecule has 306 valence electrons. The van der Waals surface area contributed by atoms with E-state index in [0.29, 0.717) is 58.8 Å². The predicted octanol–water partition coefficient (Wildman–Crippen LogP) is 6.66. The molecule has 4 heterocycles. The molecule has 2 atom stereocenters. The van der Waals surface area contributed by atoms with E-state index in [4.69, 9.17) is 9.72 Å². The zero-order chi connectivity index (χ0) is 41.7. The summed E-state index contributed by atoms with van der Waals surface area (Å²) >= 11 is 0. The topological polar surface area (TPSA) is 133 Å². The van der Waals surface area contributed by atoms with Crippen molar-refractivity contribution in [3.63, 3.8) is 0 Å². The number of rotatable bonds is 9. The molecule has 1 aliphatic heterocycles. The Hall–Kier alpha value is -5.48. The van der Waals surface area contributed by atoms with E-state index in [0.717, 1.165) is 25.3 Å². The molecule has 3 aromatic heterocycles. The van der Waals surface area contributed by atoms with Gasteiger partial charge < -0.3 is 10.1 Å². The molecule has 1 saturated heterocycles. The number of pyridine rings is 1. The third-order valence-electron chi connectivity index (χ3n) is 10.1. The third kappa shape index (κ3) is 8.39. The van der Waals surface area contributed by atoms with Crippen molar-refractivity contribution in [3.8, 4) is 23.0 Å². The number of benzene rings is 2. The number of hydrogen-bond donors (Lipinski definition) is 2. The van der Waals surface area contributed by atoms with Crippen molar-refractivity contribution in [1.82, 2.24) is 29.9 Å². The van der Waals surface area contributed by atoms with Crippen LogP contribution in [0.3, 0.4) is 0 Å². The van der Waals surface area contributed by atoms with E-state index in [2.05, 4.69) is 32.1 Å². The van der Waals surface area contributed by atoms with Crippen LogP contribution in [0, 0.1) is 35.3 Å². The van der Waals surface area contributed by atoms with Gasteiger partial charge in [-0.2, -0.15) is 32.1 Å². The van der Waals surface area contributed by atoms with Gasteiger partial charge in [0.15, 0.2) is 11.5 Å². The van der Waals surface area contributed by atoms with Crippen LogP contribution in [-0.4, -0.2) is 58.3 Å². The highest BCUT2D eigenvalue weighted by molar-refractivity contribution is 7.92. The van der Waals surface area contributed by atoms with E-state index in [1.165, 1.54) is 4.68 Å². The molecule has 1 aliphatic carbocycles. The summed E-state index contributed by atoms with van der Waals surface area (Å²) in [5, 5.41) is 10.8. The molecular formula is C39H36F7N7O4S. The normalized spacial score (nSPS) is 17.4. The number of alkyl halides is 5. The number of amides is 1. The largest absolute Gasteiger partial charge is 0.435 e. The summed E-state index contributed by atoms with van der Waals surface area (Å²) in [4.78, 5) is 18.8. The van der Waals surface area contributed by atoms with Crippen molar-refractivity contribution in [3.05, 3.63) is 94.1 Å². The molecule has 7 rings (SSSR count). The van der Waals surface area contributed by atoms with Crippen LogP contribution in [0.4, 0.5) is 36.6 Å². The van der Waals surface area contributed by atoms with Crippen molar-refractivity contribution >= 4 is 32.7 Å². The Morgan fingerprint density at radius 3 is 2.43 bits per heavy atom. The highest BCUT2D eigenvalue weighted by Crippen LogP contribution is 2.49. The van der Waals surface area contributed by atoms with Gasteiger partial charge in [-0.1, -0.05) is 25.0 Å². The number of aromatic nitrogens is 5. The first-order valence-electron chi connectivity index (χ1n) is 18.1. The van der Waals surface area contributed by atoms with E-state index >= 15 is 8.78 Å². The Morgan fingerprint density at radius 1 is 1.05 bits per heavy atom. The first kappa shape index (κ1) is 40.7. The maximum Gasteiger partial charge on any atom is 0.435 e. The van der Waals surface area contributed by atoms with Crippen molar-refractivity contribution in [2.45, 2.75) is 57.3 Å². The lowest BCUT2D eigenvalue weighted by atomic mass is 9.93. The minimum Gasteiger partial charge on any atom is -0.381 e. The summed E-state index contributed by atoms with van der Waals surface area (Å²) in [5.74, 6) is -1.90. The van der Waals surface area contributed by atoms with Crippen LogP contribution in [-0.2, 0) is 58.1 Å². The molecule has 0 unspecified atom stereocenters. The summed E-state index contributed by atoms with van der Waals surface area (Å²) in [5.41, 5.74) is -1.68. The highest BCUT2D eigenvalue weighted by atomic mass is 32.2. The van der Waals surface area contributed by atoms with Gasteiger partial charge in [0.1, 0.15) is 29.6 Å². The maximum atomic E-state index is 15.4. The van der Waals surface area contributed by atoms with E-state index in [1.807, 2.05) is 0 Å². The van der Waals surface area contributed by atoms with E-state index in [-0.39, 0.29) is 35.1 Å². The standard InChI is InChI=1S/C39H36F7N7O4S/c1-21-15-30-35(39(44,45)46)49-53(36(30)38(21,42)43)20-32(54)48-31(18-23-16-24(40)19-25(41)17-23)33-27(10-9-26(47-33)8-7-22-11-13-57-14-12-22)28-5-4-6-29-34(28)52(2)50-37(29)51-58(3,55)56/h4-6,9-10,16-17,19,21-22,31H,11-15,18,20H2,1-3H3,(H,48,54)(H,50,51)/t21-,31+/m1/s1. The first-order chi connectivity index (χ1) is 27.3. The average Bonchev–Trinajstić information content (AvgIpc) is 3.74. The van der Waals surface area contributed by atoms with Gasteiger partial charge in [0.25, 0.3) is 5.92 Å². The lowest BCUT2D eigenvalue weighted by molar-refractivity contribution is -0.142. The molecule has 58 heavy (non-hydrogen) atoms. The number of nitrogens with one attached hydrogen (secondary N) is 2. The van der Waals surface area contributed by atoms with Crippen LogP contribution in [0.5, 0.6) is 0 Å². The monoisotopic (exact) mass is 831 g/mol. The van der Waals surface area contributed by atoms with Crippen molar-refractivity contribution in [2.75, 3.05) is 24.2 Å². The van der Waals surface area contributed by atoms with Crippen LogP contribution in [0.1, 0.15) is 59.7 Å². The van der Waals surface area contributed by atoms with Gasteiger partial charge in [0, 0.05) is 60.2 Å².